The minimum atomic E-state index is -0.145. The van der Waals surface area contributed by atoms with Gasteiger partial charge in [-0.15, -0.1) is 0 Å². The molecular weight excluding hydrogens is 240 g/mol. The van der Waals surface area contributed by atoms with E-state index >= 15 is 0 Å². The lowest BCUT2D eigenvalue weighted by Gasteiger charge is -2.10. The first-order chi connectivity index (χ1) is 8.06. The Morgan fingerprint density at radius 3 is 2.76 bits per heavy atom. The molecule has 0 aliphatic carbocycles. The summed E-state index contributed by atoms with van der Waals surface area (Å²) in [4.78, 5) is 16.5. The van der Waals surface area contributed by atoms with Gasteiger partial charge in [-0.3, -0.25) is 9.20 Å². The summed E-state index contributed by atoms with van der Waals surface area (Å²) in [6.45, 7) is 3.83. The Morgan fingerprint density at radius 2 is 2.18 bits per heavy atom. The van der Waals surface area contributed by atoms with Gasteiger partial charge in [0.05, 0.1) is 12.7 Å². The molecule has 0 radical (unpaired) electrons. The molecule has 0 aromatic carbocycles. The van der Waals surface area contributed by atoms with Crippen LogP contribution in [0.25, 0.3) is 5.65 Å². The zero-order valence-corrected chi connectivity index (χ0v) is 10.7. The minimum absolute atomic E-state index is 0.0330. The van der Waals surface area contributed by atoms with E-state index in [2.05, 4.69) is 4.98 Å². The van der Waals surface area contributed by atoms with Crippen LogP contribution in [0.4, 0.5) is 0 Å². The fourth-order valence-electron chi connectivity index (χ4n) is 1.77. The first-order valence-corrected chi connectivity index (χ1v) is 5.68. The maximum atomic E-state index is 12.2. The number of hydrogen-bond donors (Lipinski definition) is 0. The van der Waals surface area contributed by atoms with Crippen LogP contribution in [0, 0.1) is 0 Å². The predicted molar refractivity (Wildman–Crippen MR) is 67.1 cm³/mol. The van der Waals surface area contributed by atoms with Crippen molar-refractivity contribution in [1.82, 2.24) is 9.38 Å². The van der Waals surface area contributed by atoms with E-state index in [1.54, 1.807) is 18.3 Å². The number of aromatic nitrogens is 2. The molecule has 4 nitrogen and oxygen atoms in total. The van der Waals surface area contributed by atoms with Gasteiger partial charge in [0, 0.05) is 6.20 Å². The average Bonchev–Trinajstić information content (AvgIpc) is 2.28. The van der Waals surface area contributed by atoms with Crippen LogP contribution in [-0.4, -0.2) is 16.5 Å². The molecular formula is C12H13ClN2O2. The molecule has 0 amide bonds. The second-order valence-electron chi connectivity index (χ2n) is 4.05. The fourth-order valence-corrected chi connectivity index (χ4v) is 2.15. The highest BCUT2D eigenvalue weighted by atomic mass is 35.5. The molecule has 0 bridgehead atoms. The second kappa shape index (κ2) is 4.37. The van der Waals surface area contributed by atoms with Gasteiger partial charge in [0.2, 0.25) is 0 Å². The number of fused-ring (bicyclic) bond motifs is 1. The molecule has 17 heavy (non-hydrogen) atoms. The molecule has 0 unspecified atom stereocenters. The van der Waals surface area contributed by atoms with Gasteiger partial charge in [-0.05, 0) is 18.1 Å². The van der Waals surface area contributed by atoms with E-state index in [9.17, 15) is 4.79 Å². The summed E-state index contributed by atoms with van der Waals surface area (Å²) in [5, 5.41) is 0.245. The number of nitrogens with zero attached hydrogens (tertiary/aromatic N) is 2. The van der Waals surface area contributed by atoms with E-state index in [1.807, 2.05) is 13.8 Å². The smallest absolute Gasteiger partial charge is 0.262 e. The third-order valence-electron chi connectivity index (χ3n) is 2.60. The quantitative estimate of drug-likeness (QED) is 0.772. The summed E-state index contributed by atoms with van der Waals surface area (Å²) in [5.41, 5.74) is 0.820. The standard InChI is InChI=1S/C12H13ClN2O2/c1-7(2)9-10(13)14-11-8(17-3)5-4-6-15(11)12(9)16/h4-7H,1-3H3. The molecule has 2 aromatic rings. The summed E-state index contributed by atoms with van der Waals surface area (Å²) in [7, 11) is 1.53. The van der Waals surface area contributed by atoms with Gasteiger partial charge < -0.3 is 4.74 Å². The Morgan fingerprint density at radius 1 is 1.47 bits per heavy atom. The summed E-state index contributed by atoms with van der Waals surface area (Å²) >= 11 is 6.05. The molecule has 0 aliphatic rings. The summed E-state index contributed by atoms with van der Waals surface area (Å²) < 4.78 is 6.62. The minimum Gasteiger partial charge on any atom is -0.493 e. The molecule has 90 valence electrons. The number of halogens is 1. The molecule has 0 saturated heterocycles. The molecule has 0 atom stereocenters. The van der Waals surface area contributed by atoms with E-state index in [0.29, 0.717) is 17.0 Å². The highest BCUT2D eigenvalue weighted by molar-refractivity contribution is 6.30. The lowest BCUT2D eigenvalue weighted by Crippen LogP contribution is -2.21. The Labute approximate surface area is 104 Å². The van der Waals surface area contributed by atoms with Crippen LogP contribution < -0.4 is 10.3 Å². The van der Waals surface area contributed by atoms with Crippen molar-refractivity contribution >= 4 is 17.2 Å². The fraction of sp³-hybridized carbons (Fsp3) is 0.333. The Hall–Kier alpha value is -1.55. The molecule has 5 heteroatoms. The molecule has 2 heterocycles. The predicted octanol–water partition coefficient (Wildman–Crippen LogP) is 2.48. The number of ether oxygens (including phenoxy) is 1. The van der Waals surface area contributed by atoms with Crippen LogP contribution in [0.3, 0.4) is 0 Å². The Kier molecular flexibility index (Phi) is 3.07. The Balaban J connectivity index is 2.91. The molecule has 2 aromatic heterocycles. The van der Waals surface area contributed by atoms with Crippen LogP contribution in [-0.2, 0) is 0 Å². The maximum absolute atomic E-state index is 12.2. The molecule has 2 rings (SSSR count). The van der Waals surface area contributed by atoms with E-state index in [4.69, 9.17) is 16.3 Å². The average molecular weight is 253 g/mol. The normalized spacial score (nSPS) is 11.1. The lowest BCUT2D eigenvalue weighted by atomic mass is 10.1. The van der Waals surface area contributed by atoms with Crippen LogP contribution >= 0.6 is 11.6 Å². The number of rotatable bonds is 2. The van der Waals surface area contributed by atoms with E-state index < -0.39 is 0 Å². The highest BCUT2D eigenvalue weighted by Gasteiger charge is 2.15. The number of methoxy groups -OCH3 is 1. The molecule has 0 aliphatic heterocycles. The summed E-state index contributed by atoms with van der Waals surface area (Å²) in [5.74, 6) is 0.562. The Bertz CT molecular complexity index is 620. The van der Waals surface area contributed by atoms with Crippen LogP contribution in [0.15, 0.2) is 23.1 Å². The first kappa shape index (κ1) is 11.9. The molecule has 0 fully saturated rings. The zero-order chi connectivity index (χ0) is 12.6. The second-order valence-corrected chi connectivity index (χ2v) is 4.40. The van der Waals surface area contributed by atoms with Crippen molar-refractivity contribution in [3.05, 3.63) is 39.4 Å². The van der Waals surface area contributed by atoms with Gasteiger partial charge in [-0.2, -0.15) is 0 Å². The molecule has 0 saturated carbocycles. The highest BCUT2D eigenvalue weighted by Crippen LogP contribution is 2.22. The molecule has 0 N–H and O–H groups in total. The van der Waals surface area contributed by atoms with Gasteiger partial charge in [-0.25, -0.2) is 4.98 Å². The third-order valence-corrected chi connectivity index (χ3v) is 2.89. The van der Waals surface area contributed by atoms with Gasteiger partial charge in [0.25, 0.3) is 5.56 Å². The summed E-state index contributed by atoms with van der Waals surface area (Å²) in [6, 6.07) is 3.49. The SMILES string of the molecule is COc1cccn2c(=O)c(C(C)C)c(Cl)nc12. The van der Waals surface area contributed by atoms with Crippen molar-refractivity contribution in [2.75, 3.05) is 7.11 Å². The zero-order valence-electron chi connectivity index (χ0n) is 9.90. The first-order valence-electron chi connectivity index (χ1n) is 5.31. The van der Waals surface area contributed by atoms with E-state index in [1.165, 1.54) is 11.5 Å². The van der Waals surface area contributed by atoms with Crippen molar-refractivity contribution in [1.29, 1.82) is 0 Å². The van der Waals surface area contributed by atoms with Crippen LogP contribution in [0.2, 0.25) is 5.15 Å². The van der Waals surface area contributed by atoms with Crippen molar-refractivity contribution < 1.29 is 4.74 Å². The monoisotopic (exact) mass is 252 g/mol. The van der Waals surface area contributed by atoms with Gasteiger partial charge in [-0.1, -0.05) is 25.4 Å². The summed E-state index contributed by atoms with van der Waals surface area (Å²) in [6.07, 6.45) is 1.66. The van der Waals surface area contributed by atoms with E-state index in [-0.39, 0.29) is 16.6 Å². The van der Waals surface area contributed by atoms with Crippen LogP contribution in [0.5, 0.6) is 5.75 Å². The largest absolute Gasteiger partial charge is 0.493 e. The van der Waals surface area contributed by atoms with E-state index in [0.717, 1.165) is 0 Å². The van der Waals surface area contributed by atoms with Crippen molar-refractivity contribution in [2.45, 2.75) is 19.8 Å². The lowest BCUT2D eigenvalue weighted by molar-refractivity contribution is 0.416. The van der Waals surface area contributed by atoms with Crippen molar-refractivity contribution in [3.8, 4) is 5.75 Å². The number of hydrogen-bond acceptors (Lipinski definition) is 3. The van der Waals surface area contributed by atoms with Gasteiger partial charge in [0.15, 0.2) is 11.4 Å². The van der Waals surface area contributed by atoms with Crippen molar-refractivity contribution in [2.24, 2.45) is 0 Å². The molecule has 0 spiro atoms. The van der Waals surface area contributed by atoms with Crippen molar-refractivity contribution in [3.63, 3.8) is 0 Å². The van der Waals surface area contributed by atoms with Gasteiger partial charge in [0.1, 0.15) is 5.15 Å². The third kappa shape index (κ3) is 1.89. The van der Waals surface area contributed by atoms with Gasteiger partial charge >= 0.3 is 0 Å². The topological polar surface area (TPSA) is 43.6 Å². The maximum Gasteiger partial charge on any atom is 0.262 e. The number of pyridine rings is 1. The van der Waals surface area contributed by atoms with Crippen LogP contribution in [0.1, 0.15) is 25.3 Å².